The summed E-state index contributed by atoms with van der Waals surface area (Å²) in [6.07, 6.45) is 9.80. The van der Waals surface area contributed by atoms with Crippen LogP contribution >= 0.6 is 11.8 Å². The van der Waals surface area contributed by atoms with Crippen molar-refractivity contribution in [2.75, 3.05) is 25.3 Å². The van der Waals surface area contributed by atoms with Gasteiger partial charge in [0.05, 0.1) is 0 Å². The Balaban J connectivity index is 1.29. The van der Waals surface area contributed by atoms with Gasteiger partial charge in [0.1, 0.15) is 23.0 Å². The van der Waals surface area contributed by atoms with Crippen molar-refractivity contribution in [1.29, 1.82) is 0 Å². The number of anilines is 1. The van der Waals surface area contributed by atoms with Crippen molar-refractivity contribution in [1.82, 2.24) is 25.2 Å². The van der Waals surface area contributed by atoms with Gasteiger partial charge in [-0.15, -0.1) is 11.8 Å². The van der Waals surface area contributed by atoms with Crippen LogP contribution in [0.5, 0.6) is 11.5 Å². The Kier molecular flexibility index (Phi) is 6.43. The molecular formula is C23H26N6O4S. The van der Waals surface area contributed by atoms with E-state index in [1.165, 1.54) is 34.9 Å². The molecule has 34 heavy (non-hydrogen) atoms. The number of rotatable bonds is 8. The van der Waals surface area contributed by atoms with Gasteiger partial charge in [-0.1, -0.05) is 16.8 Å². The van der Waals surface area contributed by atoms with Crippen LogP contribution in [-0.4, -0.2) is 45.4 Å². The number of hydrogen-bond acceptors (Lipinski definition) is 9. The first-order chi connectivity index (χ1) is 16.6. The SMILES string of the molecule is CSc1nn(CC(=O)NCCC2=CCCCC2)c(N)c1-c1nc(-c2ccc3c(c2)OCO3)no1. The Bertz CT molecular complexity index is 1230. The third-order valence-electron chi connectivity index (χ3n) is 5.87. The molecule has 1 aliphatic heterocycles. The Morgan fingerprint density at radius 2 is 2.15 bits per heavy atom. The normalized spacial score (nSPS) is 14.8. The molecule has 1 aliphatic carbocycles. The number of benzene rings is 1. The highest BCUT2D eigenvalue weighted by atomic mass is 32.2. The minimum absolute atomic E-state index is 0.0155. The summed E-state index contributed by atoms with van der Waals surface area (Å²) in [4.78, 5) is 17.0. The maximum absolute atomic E-state index is 12.5. The fourth-order valence-electron chi connectivity index (χ4n) is 4.08. The zero-order chi connectivity index (χ0) is 23.5. The number of nitrogens with two attached hydrogens (primary N) is 1. The maximum atomic E-state index is 12.5. The molecule has 3 N–H and O–H groups in total. The van der Waals surface area contributed by atoms with Crippen molar-refractivity contribution >= 4 is 23.5 Å². The van der Waals surface area contributed by atoms with Crippen molar-refractivity contribution in [3.05, 3.63) is 29.8 Å². The first-order valence-corrected chi connectivity index (χ1v) is 12.4. The number of allylic oxidation sites excluding steroid dienone is 1. The van der Waals surface area contributed by atoms with Crippen LogP contribution < -0.4 is 20.5 Å². The lowest BCUT2D eigenvalue weighted by molar-refractivity contribution is -0.121. The van der Waals surface area contributed by atoms with Crippen molar-refractivity contribution in [3.63, 3.8) is 0 Å². The third kappa shape index (κ3) is 4.60. The summed E-state index contributed by atoms with van der Waals surface area (Å²) in [6.45, 7) is 0.812. The Morgan fingerprint density at radius 1 is 1.26 bits per heavy atom. The third-order valence-corrected chi connectivity index (χ3v) is 6.54. The molecule has 0 saturated heterocycles. The van der Waals surface area contributed by atoms with Gasteiger partial charge in [-0.3, -0.25) is 4.79 Å². The van der Waals surface area contributed by atoms with Crippen molar-refractivity contribution in [2.45, 2.75) is 43.7 Å². The molecule has 0 fully saturated rings. The minimum atomic E-state index is -0.142. The van der Waals surface area contributed by atoms with Gasteiger partial charge >= 0.3 is 0 Å². The Morgan fingerprint density at radius 3 is 2.97 bits per heavy atom. The topological polar surface area (TPSA) is 130 Å². The summed E-state index contributed by atoms with van der Waals surface area (Å²) < 4.78 is 17.8. The second-order valence-corrected chi connectivity index (χ2v) is 8.92. The maximum Gasteiger partial charge on any atom is 0.264 e. The average Bonchev–Trinajstić information content (AvgIpc) is 3.58. The van der Waals surface area contributed by atoms with Crippen LogP contribution in [0.1, 0.15) is 32.1 Å². The quantitative estimate of drug-likeness (QED) is 0.365. The number of ether oxygens (including phenoxy) is 2. The van der Waals surface area contributed by atoms with Crippen LogP contribution in [0.2, 0.25) is 0 Å². The fraction of sp³-hybridized carbons (Fsp3) is 0.391. The Labute approximate surface area is 200 Å². The molecule has 3 heterocycles. The highest BCUT2D eigenvalue weighted by molar-refractivity contribution is 7.98. The highest BCUT2D eigenvalue weighted by Crippen LogP contribution is 2.37. The summed E-state index contributed by atoms with van der Waals surface area (Å²) in [7, 11) is 0. The van der Waals surface area contributed by atoms with E-state index >= 15 is 0 Å². The molecule has 2 aliphatic rings. The predicted octanol–water partition coefficient (Wildman–Crippen LogP) is 3.64. The van der Waals surface area contributed by atoms with E-state index < -0.39 is 0 Å². The number of nitrogen functional groups attached to an aromatic ring is 1. The Hall–Kier alpha value is -3.47. The molecule has 10 nitrogen and oxygen atoms in total. The van der Waals surface area contributed by atoms with Crippen LogP contribution in [0, 0.1) is 0 Å². The number of amides is 1. The van der Waals surface area contributed by atoms with Crippen LogP contribution in [-0.2, 0) is 11.3 Å². The van der Waals surface area contributed by atoms with E-state index in [4.69, 9.17) is 19.7 Å². The van der Waals surface area contributed by atoms with Crippen molar-refractivity contribution in [2.24, 2.45) is 0 Å². The number of hydrogen-bond donors (Lipinski definition) is 2. The second-order valence-electron chi connectivity index (χ2n) is 8.13. The molecule has 1 amide bonds. The monoisotopic (exact) mass is 482 g/mol. The smallest absolute Gasteiger partial charge is 0.264 e. The molecule has 0 bridgehead atoms. The molecule has 1 aromatic carbocycles. The molecule has 0 saturated carbocycles. The van der Waals surface area contributed by atoms with Crippen LogP contribution in [0.4, 0.5) is 5.82 Å². The molecular weight excluding hydrogens is 456 g/mol. The van der Waals surface area contributed by atoms with Gasteiger partial charge in [0.25, 0.3) is 5.89 Å². The van der Waals surface area contributed by atoms with E-state index in [-0.39, 0.29) is 25.1 Å². The van der Waals surface area contributed by atoms with E-state index in [1.807, 2.05) is 12.3 Å². The molecule has 11 heteroatoms. The van der Waals surface area contributed by atoms with Gasteiger partial charge in [-0.2, -0.15) is 10.1 Å². The van der Waals surface area contributed by atoms with Crippen LogP contribution in [0.3, 0.4) is 0 Å². The molecule has 0 radical (unpaired) electrons. The number of nitrogens with one attached hydrogen (secondary N) is 1. The van der Waals surface area contributed by atoms with E-state index in [9.17, 15) is 4.79 Å². The van der Waals surface area contributed by atoms with Gasteiger partial charge in [-0.05, 0) is 56.6 Å². The van der Waals surface area contributed by atoms with Gasteiger partial charge < -0.3 is 25.0 Å². The number of carbonyl (C=O) groups excluding carboxylic acids is 1. The van der Waals surface area contributed by atoms with Gasteiger partial charge in [0.15, 0.2) is 11.5 Å². The summed E-state index contributed by atoms with van der Waals surface area (Å²) in [6, 6.07) is 5.43. The molecule has 5 rings (SSSR count). The predicted molar refractivity (Wildman–Crippen MR) is 127 cm³/mol. The highest BCUT2D eigenvalue weighted by Gasteiger charge is 2.24. The number of aromatic nitrogens is 4. The first kappa shape index (κ1) is 22.3. The second kappa shape index (κ2) is 9.80. The molecule has 178 valence electrons. The zero-order valence-electron chi connectivity index (χ0n) is 18.9. The van der Waals surface area contributed by atoms with Crippen LogP contribution in [0.15, 0.2) is 39.4 Å². The average molecular weight is 483 g/mol. The number of fused-ring (bicyclic) bond motifs is 1. The minimum Gasteiger partial charge on any atom is -0.454 e. The van der Waals surface area contributed by atoms with Crippen molar-refractivity contribution in [3.8, 4) is 34.3 Å². The van der Waals surface area contributed by atoms with E-state index in [0.29, 0.717) is 40.3 Å². The van der Waals surface area contributed by atoms with E-state index in [0.717, 1.165) is 24.8 Å². The number of nitrogens with zero attached hydrogens (tertiary/aromatic N) is 4. The summed E-state index contributed by atoms with van der Waals surface area (Å²) in [5, 5.41) is 12.2. The summed E-state index contributed by atoms with van der Waals surface area (Å²) in [5.41, 5.74) is 9.03. The van der Waals surface area contributed by atoms with Gasteiger partial charge in [-0.25, -0.2) is 4.68 Å². The first-order valence-electron chi connectivity index (χ1n) is 11.2. The molecule has 2 aromatic heterocycles. The van der Waals surface area contributed by atoms with Crippen LogP contribution in [0.25, 0.3) is 22.8 Å². The number of thioether (sulfide) groups is 1. The molecule has 0 spiro atoms. The van der Waals surface area contributed by atoms with E-state index in [2.05, 4.69) is 26.6 Å². The molecule has 0 atom stereocenters. The largest absolute Gasteiger partial charge is 0.454 e. The number of carbonyl (C=O) groups is 1. The molecule has 0 unspecified atom stereocenters. The molecule has 3 aromatic rings. The zero-order valence-corrected chi connectivity index (χ0v) is 19.7. The lowest BCUT2D eigenvalue weighted by atomic mass is 9.97. The standard InChI is InChI=1S/C23H26N6O4S/c1-34-23-19(22-26-21(28-33-22)15-7-8-16-17(11-15)32-13-31-16)20(24)29(27-23)12-18(30)25-10-9-14-5-3-2-4-6-14/h5,7-8,11H,2-4,6,9-10,12-13,24H2,1H3,(H,25,30). The van der Waals surface area contributed by atoms with E-state index in [1.54, 1.807) is 12.1 Å². The van der Waals surface area contributed by atoms with Gasteiger partial charge in [0.2, 0.25) is 18.5 Å². The summed E-state index contributed by atoms with van der Waals surface area (Å²) >= 11 is 1.39. The van der Waals surface area contributed by atoms with Crippen molar-refractivity contribution < 1.29 is 18.8 Å². The van der Waals surface area contributed by atoms with Gasteiger partial charge in [0, 0.05) is 12.1 Å². The fourth-order valence-corrected chi connectivity index (χ4v) is 4.66. The summed E-state index contributed by atoms with van der Waals surface area (Å²) in [5.74, 6) is 2.10. The lowest BCUT2D eigenvalue weighted by Gasteiger charge is -2.13. The lowest BCUT2D eigenvalue weighted by Crippen LogP contribution is -2.29.